The van der Waals surface area contributed by atoms with Gasteiger partial charge in [-0.05, 0) is 17.7 Å². The molecule has 2 aliphatic rings. The van der Waals surface area contributed by atoms with Gasteiger partial charge in [-0.1, -0.05) is 0 Å². The van der Waals surface area contributed by atoms with Crippen LogP contribution in [0.5, 0.6) is 0 Å². The van der Waals surface area contributed by atoms with Crippen molar-refractivity contribution in [1.29, 1.82) is 0 Å². The predicted octanol–water partition coefficient (Wildman–Crippen LogP) is 1.03. The monoisotopic (exact) mass is 340 g/mol. The van der Waals surface area contributed by atoms with Crippen molar-refractivity contribution in [2.75, 3.05) is 62.3 Å². The first-order chi connectivity index (χ1) is 12.4. The number of nitrogens with zero attached hydrogens (tertiary/aromatic N) is 6. The molecular formula is C18H24N6O. The molecule has 0 unspecified atom stereocenters. The molecule has 132 valence electrons. The van der Waals surface area contributed by atoms with Gasteiger partial charge < -0.3 is 14.5 Å². The number of anilines is 2. The van der Waals surface area contributed by atoms with Gasteiger partial charge in [-0.2, -0.15) is 0 Å². The molecule has 2 fully saturated rings. The topological polar surface area (TPSA) is 57.6 Å². The largest absolute Gasteiger partial charge is 0.378 e. The molecule has 2 aromatic heterocycles. The van der Waals surface area contributed by atoms with Crippen molar-refractivity contribution < 1.29 is 4.74 Å². The Balaban J connectivity index is 1.36. The van der Waals surface area contributed by atoms with E-state index in [1.165, 1.54) is 5.56 Å². The first-order valence-corrected chi connectivity index (χ1v) is 8.89. The molecule has 7 nitrogen and oxygen atoms in total. The van der Waals surface area contributed by atoms with E-state index in [-0.39, 0.29) is 0 Å². The summed E-state index contributed by atoms with van der Waals surface area (Å²) in [5.74, 6) is 2.03. The maximum atomic E-state index is 5.42. The number of rotatable bonds is 4. The van der Waals surface area contributed by atoms with Gasteiger partial charge in [0.15, 0.2) is 0 Å². The van der Waals surface area contributed by atoms with E-state index in [0.717, 1.165) is 70.7 Å². The lowest BCUT2D eigenvalue weighted by molar-refractivity contribution is 0.122. The van der Waals surface area contributed by atoms with Crippen LogP contribution < -0.4 is 9.80 Å². The van der Waals surface area contributed by atoms with Gasteiger partial charge in [0, 0.05) is 64.3 Å². The molecule has 25 heavy (non-hydrogen) atoms. The van der Waals surface area contributed by atoms with Crippen LogP contribution in [0, 0.1) is 0 Å². The van der Waals surface area contributed by atoms with Gasteiger partial charge in [-0.25, -0.2) is 9.97 Å². The second kappa shape index (κ2) is 7.76. The molecule has 0 saturated carbocycles. The zero-order chi connectivity index (χ0) is 16.9. The lowest BCUT2D eigenvalue weighted by Gasteiger charge is -2.36. The summed E-state index contributed by atoms with van der Waals surface area (Å²) in [5.41, 5.74) is 1.32. The van der Waals surface area contributed by atoms with Crippen LogP contribution in [-0.4, -0.2) is 72.3 Å². The smallest absolute Gasteiger partial charge is 0.134 e. The van der Waals surface area contributed by atoms with Gasteiger partial charge in [-0.15, -0.1) is 0 Å². The Morgan fingerprint density at radius 2 is 1.48 bits per heavy atom. The van der Waals surface area contributed by atoms with E-state index >= 15 is 0 Å². The standard InChI is InChI=1S/C18H24N6O/c1-3-19-4-2-16(1)14-22-5-7-23(8-6-22)17-13-18(21-15-20-17)24-9-11-25-12-10-24/h1-4,13,15H,5-12,14H2. The number of pyridine rings is 1. The van der Waals surface area contributed by atoms with Crippen molar-refractivity contribution in [2.45, 2.75) is 6.54 Å². The second-order valence-corrected chi connectivity index (χ2v) is 6.45. The van der Waals surface area contributed by atoms with Crippen LogP contribution in [0.1, 0.15) is 5.56 Å². The fourth-order valence-electron chi connectivity index (χ4n) is 3.36. The van der Waals surface area contributed by atoms with E-state index in [1.807, 2.05) is 12.4 Å². The van der Waals surface area contributed by atoms with Crippen LogP contribution in [0.3, 0.4) is 0 Å². The Kier molecular flexibility index (Phi) is 5.03. The third-order valence-corrected chi connectivity index (χ3v) is 4.83. The van der Waals surface area contributed by atoms with Crippen LogP contribution in [0.2, 0.25) is 0 Å². The zero-order valence-electron chi connectivity index (χ0n) is 14.4. The fourth-order valence-corrected chi connectivity index (χ4v) is 3.36. The maximum absolute atomic E-state index is 5.42. The summed E-state index contributed by atoms with van der Waals surface area (Å²) in [4.78, 5) is 20.1. The van der Waals surface area contributed by atoms with Crippen LogP contribution in [0.25, 0.3) is 0 Å². The summed E-state index contributed by atoms with van der Waals surface area (Å²) in [7, 11) is 0. The van der Waals surface area contributed by atoms with Crippen molar-refractivity contribution >= 4 is 11.6 Å². The Hall–Kier alpha value is -2.25. The number of piperazine rings is 1. The molecule has 2 aromatic rings. The minimum absolute atomic E-state index is 0.771. The number of ether oxygens (including phenoxy) is 1. The first-order valence-electron chi connectivity index (χ1n) is 8.89. The molecular weight excluding hydrogens is 316 g/mol. The second-order valence-electron chi connectivity index (χ2n) is 6.45. The number of aromatic nitrogens is 3. The molecule has 4 rings (SSSR count). The lowest BCUT2D eigenvalue weighted by atomic mass is 10.2. The van der Waals surface area contributed by atoms with Crippen molar-refractivity contribution in [3.63, 3.8) is 0 Å². The molecule has 0 spiro atoms. The normalized spacial score (nSPS) is 19.2. The van der Waals surface area contributed by atoms with Crippen molar-refractivity contribution in [3.8, 4) is 0 Å². The van der Waals surface area contributed by atoms with Gasteiger partial charge >= 0.3 is 0 Å². The Bertz CT molecular complexity index is 668. The minimum Gasteiger partial charge on any atom is -0.378 e. The number of hydrogen-bond donors (Lipinski definition) is 0. The highest BCUT2D eigenvalue weighted by atomic mass is 16.5. The van der Waals surface area contributed by atoms with E-state index in [0.29, 0.717) is 0 Å². The summed E-state index contributed by atoms with van der Waals surface area (Å²) in [5, 5.41) is 0. The molecule has 0 N–H and O–H groups in total. The summed E-state index contributed by atoms with van der Waals surface area (Å²) in [6.07, 6.45) is 5.41. The van der Waals surface area contributed by atoms with Gasteiger partial charge in [0.25, 0.3) is 0 Å². The molecule has 7 heteroatoms. The molecule has 2 aliphatic heterocycles. The van der Waals surface area contributed by atoms with Crippen molar-refractivity contribution in [3.05, 3.63) is 42.5 Å². The summed E-state index contributed by atoms with van der Waals surface area (Å²) in [6.45, 7) is 8.39. The van der Waals surface area contributed by atoms with Gasteiger partial charge in [-0.3, -0.25) is 9.88 Å². The highest BCUT2D eigenvalue weighted by Crippen LogP contribution is 2.20. The SMILES string of the molecule is c1cc(CN2CCN(c3cc(N4CCOCC4)ncn3)CC2)ccn1. The van der Waals surface area contributed by atoms with E-state index in [4.69, 9.17) is 4.74 Å². The molecule has 0 radical (unpaired) electrons. The van der Waals surface area contributed by atoms with E-state index in [2.05, 4.69) is 47.9 Å². The Morgan fingerprint density at radius 1 is 0.840 bits per heavy atom. The van der Waals surface area contributed by atoms with E-state index in [9.17, 15) is 0 Å². The summed E-state index contributed by atoms with van der Waals surface area (Å²) >= 11 is 0. The quantitative estimate of drug-likeness (QED) is 0.824. The van der Waals surface area contributed by atoms with Crippen LogP contribution in [0.4, 0.5) is 11.6 Å². The molecule has 0 atom stereocenters. The van der Waals surface area contributed by atoms with Crippen molar-refractivity contribution in [2.24, 2.45) is 0 Å². The molecule has 0 bridgehead atoms. The average molecular weight is 340 g/mol. The fraction of sp³-hybridized carbons (Fsp3) is 0.500. The highest BCUT2D eigenvalue weighted by Gasteiger charge is 2.20. The molecule has 4 heterocycles. The van der Waals surface area contributed by atoms with Gasteiger partial charge in [0.05, 0.1) is 13.2 Å². The van der Waals surface area contributed by atoms with E-state index in [1.54, 1.807) is 6.33 Å². The van der Waals surface area contributed by atoms with Crippen LogP contribution in [0.15, 0.2) is 36.9 Å². The number of morpholine rings is 1. The van der Waals surface area contributed by atoms with Gasteiger partial charge in [0.2, 0.25) is 0 Å². The summed E-state index contributed by atoms with van der Waals surface area (Å²) < 4.78 is 5.42. The van der Waals surface area contributed by atoms with Crippen LogP contribution in [-0.2, 0) is 11.3 Å². The minimum atomic E-state index is 0.771. The predicted molar refractivity (Wildman–Crippen MR) is 96.8 cm³/mol. The Morgan fingerprint density at radius 3 is 2.16 bits per heavy atom. The Labute approximate surface area is 148 Å². The lowest BCUT2D eigenvalue weighted by Crippen LogP contribution is -2.46. The summed E-state index contributed by atoms with van der Waals surface area (Å²) in [6, 6.07) is 6.29. The molecule has 2 saturated heterocycles. The number of hydrogen-bond acceptors (Lipinski definition) is 7. The highest BCUT2D eigenvalue weighted by molar-refractivity contribution is 5.50. The van der Waals surface area contributed by atoms with Crippen LogP contribution >= 0.6 is 0 Å². The van der Waals surface area contributed by atoms with E-state index < -0.39 is 0 Å². The third kappa shape index (κ3) is 4.05. The van der Waals surface area contributed by atoms with Crippen molar-refractivity contribution in [1.82, 2.24) is 19.9 Å². The molecule has 0 aromatic carbocycles. The molecule has 0 amide bonds. The van der Waals surface area contributed by atoms with Gasteiger partial charge in [0.1, 0.15) is 18.0 Å². The molecule has 0 aliphatic carbocycles. The third-order valence-electron chi connectivity index (χ3n) is 4.83. The maximum Gasteiger partial charge on any atom is 0.134 e. The zero-order valence-corrected chi connectivity index (χ0v) is 14.4. The average Bonchev–Trinajstić information content (AvgIpc) is 2.70. The first kappa shape index (κ1) is 16.2.